The van der Waals surface area contributed by atoms with Crippen molar-refractivity contribution in [1.29, 1.82) is 0 Å². The number of aromatic nitrogens is 4. The highest BCUT2D eigenvalue weighted by Gasteiger charge is 2.18. The number of nitrogens with one attached hydrogen (secondary N) is 1. The zero-order chi connectivity index (χ0) is 17.5. The third-order valence-corrected chi connectivity index (χ3v) is 4.49. The fraction of sp³-hybridized carbons (Fsp3) is 0.529. The summed E-state index contributed by atoms with van der Waals surface area (Å²) in [4.78, 5) is 25.1. The van der Waals surface area contributed by atoms with Crippen LogP contribution in [0.2, 0.25) is 0 Å². The number of amides is 1. The second kappa shape index (κ2) is 8.57. The highest BCUT2D eigenvalue weighted by Crippen LogP contribution is 2.09. The van der Waals surface area contributed by atoms with Gasteiger partial charge in [0.25, 0.3) is 0 Å². The summed E-state index contributed by atoms with van der Waals surface area (Å²) in [5.41, 5.74) is 1.08. The highest BCUT2D eigenvalue weighted by atomic mass is 16.1. The lowest BCUT2D eigenvalue weighted by Crippen LogP contribution is -2.49. The lowest BCUT2D eigenvalue weighted by Gasteiger charge is -2.34. The maximum Gasteiger partial charge on any atom is 0.225 e. The van der Waals surface area contributed by atoms with E-state index >= 15 is 0 Å². The molecule has 2 aromatic heterocycles. The molecule has 134 valence electrons. The quantitative estimate of drug-likeness (QED) is 0.767. The number of hydrogen-bond acceptors (Lipinski definition) is 6. The van der Waals surface area contributed by atoms with E-state index < -0.39 is 0 Å². The van der Waals surface area contributed by atoms with Gasteiger partial charge >= 0.3 is 0 Å². The second-order valence-electron chi connectivity index (χ2n) is 6.17. The standard InChI is InChI=1S/C17H25N7O/c1-22-15(5-8-21-22)3-4-16(25)18-9-10-23-11-13-24(14-12-23)17-19-6-2-7-20-17/h2,5-8H,3-4,9-14H2,1H3,(H,18,25). The van der Waals surface area contributed by atoms with Crippen molar-refractivity contribution in [3.8, 4) is 0 Å². The Kier molecular flexibility index (Phi) is 5.95. The van der Waals surface area contributed by atoms with E-state index in [0.29, 0.717) is 13.0 Å². The number of nitrogens with zero attached hydrogens (tertiary/aromatic N) is 6. The molecule has 3 heterocycles. The van der Waals surface area contributed by atoms with Crippen LogP contribution in [0.25, 0.3) is 0 Å². The van der Waals surface area contributed by atoms with Crippen LogP contribution in [0.15, 0.2) is 30.7 Å². The van der Waals surface area contributed by atoms with Crippen LogP contribution in [0.1, 0.15) is 12.1 Å². The van der Waals surface area contributed by atoms with Crippen molar-refractivity contribution in [2.75, 3.05) is 44.2 Å². The van der Waals surface area contributed by atoms with Crippen LogP contribution in [0, 0.1) is 0 Å². The van der Waals surface area contributed by atoms with Crippen molar-refractivity contribution in [3.05, 3.63) is 36.4 Å². The van der Waals surface area contributed by atoms with E-state index in [-0.39, 0.29) is 5.91 Å². The molecular formula is C17H25N7O. The molecule has 0 saturated carbocycles. The van der Waals surface area contributed by atoms with Gasteiger partial charge in [-0.1, -0.05) is 0 Å². The van der Waals surface area contributed by atoms with E-state index in [2.05, 4.69) is 30.2 Å². The highest BCUT2D eigenvalue weighted by molar-refractivity contribution is 5.76. The second-order valence-corrected chi connectivity index (χ2v) is 6.17. The van der Waals surface area contributed by atoms with Gasteiger partial charge in [-0.3, -0.25) is 14.4 Å². The monoisotopic (exact) mass is 343 g/mol. The molecule has 0 atom stereocenters. The number of anilines is 1. The Balaban J connectivity index is 1.31. The molecule has 0 aliphatic carbocycles. The summed E-state index contributed by atoms with van der Waals surface area (Å²) in [5.74, 6) is 0.892. The molecule has 0 spiro atoms. The van der Waals surface area contributed by atoms with E-state index in [0.717, 1.165) is 50.8 Å². The van der Waals surface area contributed by atoms with Gasteiger partial charge in [0.2, 0.25) is 11.9 Å². The van der Waals surface area contributed by atoms with Gasteiger partial charge < -0.3 is 10.2 Å². The smallest absolute Gasteiger partial charge is 0.225 e. The van der Waals surface area contributed by atoms with E-state index in [4.69, 9.17) is 0 Å². The molecule has 0 unspecified atom stereocenters. The van der Waals surface area contributed by atoms with Crippen LogP contribution in [0.3, 0.4) is 0 Å². The van der Waals surface area contributed by atoms with Gasteiger partial charge in [0, 0.05) is 77.0 Å². The molecule has 1 amide bonds. The Morgan fingerprint density at radius 2 is 1.92 bits per heavy atom. The zero-order valence-corrected chi connectivity index (χ0v) is 14.6. The third kappa shape index (κ3) is 4.99. The molecule has 1 aliphatic rings. The minimum atomic E-state index is 0.0949. The molecule has 0 aromatic carbocycles. The van der Waals surface area contributed by atoms with Crippen LogP contribution in [-0.2, 0) is 18.3 Å². The molecule has 1 aliphatic heterocycles. The number of rotatable bonds is 7. The minimum absolute atomic E-state index is 0.0949. The SMILES string of the molecule is Cn1nccc1CCC(=O)NCCN1CCN(c2ncccn2)CC1. The van der Waals surface area contributed by atoms with Crippen molar-refractivity contribution in [1.82, 2.24) is 30.0 Å². The van der Waals surface area contributed by atoms with Crippen LogP contribution in [0.5, 0.6) is 0 Å². The van der Waals surface area contributed by atoms with Crippen molar-refractivity contribution in [2.24, 2.45) is 7.05 Å². The molecule has 3 rings (SSSR count). The van der Waals surface area contributed by atoms with Crippen LogP contribution in [0.4, 0.5) is 5.95 Å². The van der Waals surface area contributed by atoms with Gasteiger partial charge in [0.05, 0.1) is 0 Å². The first-order valence-electron chi connectivity index (χ1n) is 8.70. The lowest BCUT2D eigenvalue weighted by molar-refractivity contribution is -0.121. The van der Waals surface area contributed by atoms with Crippen molar-refractivity contribution in [2.45, 2.75) is 12.8 Å². The summed E-state index contributed by atoms with van der Waals surface area (Å²) < 4.78 is 1.81. The molecule has 1 fully saturated rings. The number of piperazine rings is 1. The number of carbonyl (C=O) groups excluding carboxylic acids is 1. The van der Waals surface area contributed by atoms with Gasteiger partial charge in [-0.25, -0.2) is 9.97 Å². The summed E-state index contributed by atoms with van der Waals surface area (Å²) in [5, 5.41) is 7.12. The zero-order valence-electron chi connectivity index (χ0n) is 14.6. The van der Waals surface area contributed by atoms with E-state index in [9.17, 15) is 4.79 Å². The molecular weight excluding hydrogens is 318 g/mol. The summed E-state index contributed by atoms with van der Waals surface area (Å²) in [6.45, 7) is 5.32. The van der Waals surface area contributed by atoms with Gasteiger partial charge in [0.1, 0.15) is 0 Å². The van der Waals surface area contributed by atoms with Crippen molar-refractivity contribution in [3.63, 3.8) is 0 Å². The Bertz CT molecular complexity index is 665. The van der Waals surface area contributed by atoms with Crippen LogP contribution in [-0.4, -0.2) is 69.8 Å². The van der Waals surface area contributed by atoms with E-state index in [1.807, 2.05) is 23.9 Å². The summed E-state index contributed by atoms with van der Waals surface area (Å²) in [6, 6.07) is 3.78. The molecule has 0 bridgehead atoms. The molecule has 1 saturated heterocycles. The van der Waals surface area contributed by atoms with E-state index in [1.165, 1.54) is 0 Å². The van der Waals surface area contributed by atoms with Crippen LogP contribution < -0.4 is 10.2 Å². The fourth-order valence-electron chi connectivity index (χ4n) is 2.96. The largest absolute Gasteiger partial charge is 0.355 e. The van der Waals surface area contributed by atoms with Crippen molar-refractivity contribution < 1.29 is 4.79 Å². The average Bonchev–Trinajstić information content (AvgIpc) is 3.06. The predicted octanol–water partition coefficient (Wildman–Crippen LogP) is 0.0811. The molecule has 8 heteroatoms. The van der Waals surface area contributed by atoms with Gasteiger partial charge in [-0.05, 0) is 18.6 Å². The van der Waals surface area contributed by atoms with Crippen LogP contribution >= 0.6 is 0 Å². The maximum absolute atomic E-state index is 11.9. The summed E-state index contributed by atoms with van der Waals surface area (Å²) in [6.07, 6.45) is 6.52. The average molecular weight is 343 g/mol. The number of carbonyl (C=O) groups is 1. The fourth-order valence-corrected chi connectivity index (χ4v) is 2.96. The van der Waals surface area contributed by atoms with E-state index in [1.54, 1.807) is 18.6 Å². The topological polar surface area (TPSA) is 79.2 Å². The normalized spacial score (nSPS) is 15.3. The first kappa shape index (κ1) is 17.3. The Hall–Kier alpha value is -2.48. The lowest BCUT2D eigenvalue weighted by atomic mass is 10.2. The molecule has 8 nitrogen and oxygen atoms in total. The van der Waals surface area contributed by atoms with Gasteiger partial charge in [-0.2, -0.15) is 5.10 Å². The number of aryl methyl sites for hydroxylation is 2. The molecule has 1 N–H and O–H groups in total. The minimum Gasteiger partial charge on any atom is -0.355 e. The maximum atomic E-state index is 11.9. The van der Waals surface area contributed by atoms with Gasteiger partial charge in [0.15, 0.2) is 0 Å². The Labute approximate surface area is 147 Å². The molecule has 0 radical (unpaired) electrons. The summed E-state index contributed by atoms with van der Waals surface area (Å²) >= 11 is 0. The number of hydrogen-bond donors (Lipinski definition) is 1. The third-order valence-electron chi connectivity index (χ3n) is 4.49. The first-order valence-corrected chi connectivity index (χ1v) is 8.70. The van der Waals surface area contributed by atoms with Gasteiger partial charge in [-0.15, -0.1) is 0 Å². The Morgan fingerprint density at radius 1 is 1.16 bits per heavy atom. The predicted molar refractivity (Wildman–Crippen MR) is 95.2 cm³/mol. The molecule has 25 heavy (non-hydrogen) atoms. The summed E-state index contributed by atoms with van der Waals surface area (Å²) in [7, 11) is 1.90. The molecule has 2 aromatic rings. The Morgan fingerprint density at radius 3 is 2.60 bits per heavy atom. The first-order chi connectivity index (χ1) is 12.2. The van der Waals surface area contributed by atoms with Crippen molar-refractivity contribution >= 4 is 11.9 Å².